The second-order valence-corrected chi connectivity index (χ2v) is 4.13. The number of esters is 2. The van der Waals surface area contributed by atoms with Crippen LogP contribution in [0.2, 0.25) is 0 Å². The van der Waals surface area contributed by atoms with E-state index in [1.165, 1.54) is 0 Å². The van der Waals surface area contributed by atoms with Crippen LogP contribution in [-0.2, 0) is 25.7 Å². The van der Waals surface area contributed by atoms with Crippen LogP contribution in [0.25, 0.3) is 0 Å². The molecule has 1 aromatic carbocycles. The van der Waals surface area contributed by atoms with Crippen molar-refractivity contribution in [1.29, 1.82) is 0 Å². The average molecular weight is 280 g/mol. The van der Waals surface area contributed by atoms with Crippen molar-refractivity contribution in [2.24, 2.45) is 0 Å². The Morgan fingerprint density at radius 3 is 2.35 bits per heavy atom. The molecule has 5 nitrogen and oxygen atoms in total. The molecule has 0 bridgehead atoms. The lowest BCUT2D eigenvalue weighted by Gasteiger charge is -2.09. The van der Waals surface area contributed by atoms with Crippen LogP contribution in [0.1, 0.15) is 31.7 Å². The van der Waals surface area contributed by atoms with Gasteiger partial charge in [0.15, 0.2) is 0 Å². The van der Waals surface area contributed by atoms with Crippen molar-refractivity contribution < 1.29 is 23.8 Å². The van der Waals surface area contributed by atoms with Crippen LogP contribution in [0.4, 0.5) is 0 Å². The van der Waals surface area contributed by atoms with Crippen molar-refractivity contribution in [2.45, 2.75) is 32.8 Å². The summed E-state index contributed by atoms with van der Waals surface area (Å²) in [5, 5.41) is 0. The molecular formula is C15H20O5. The number of hydrogen-bond acceptors (Lipinski definition) is 5. The molecule has 0 saturated carbocycles. The Hall–Kier alpha value is -2.04. The highest BCUT2D eigenvalue weighted by molar-refractivity contribution is 5.72. The van der Waals surface area contributed by atoms with Crippen LogP contribution in [0.5, 0.6) is 5.75 Å². The van der Waals surface area contributed by atoms with Gasteiger partial charge in [0.05, 0.1) is 13.7 Å². The molecule has 0 fully saturated rings. The summed E-state index contributed by atoms with van der Waals surface area (Å²) in [7, 11) is 1.57. The fourth-order valence-corrected chi connectivity index (χ4v) is 1.66. The van der Waals surface area contributed by atoms with E-state index in [0.717, 1.165) is 5.56 Å². The molecule has 0 heterocycles. The molecule has 1 rings (SSSR count). The Morgan fingerprint density at radius 2 is 1.70 bits per heavy atom. The molecule has 0 N–H and O–H groups in total. The van der Waals surface area contributed by atoms with Crippen LogP contribution in [0.15, 0.2) is 24.3 Å². The molecule has 5 heteroatoms. The van der Waals surface area contributed by atoms with Crippen LogP contribution < -0.4 is 4.74 Å². The molecule has 0 radical (unpaired) electrons. The third-order valence-corrected chi connectivity index (χ3v) is 2.65. The topological polar surface area (TPSA) is 61.8 Å². The minimum absolute atomic E-state index is 0.169. The summed E-state index contributed by atoms with van der Waals surface area (Å²) in [6.45, 7) is 2.28. The van der Waals surface area contributed by atoms with Gasteiger partial charge in [0.1, 0.15) is 12.4 Å². The highest BCUT2D eigenvalue weighted by Gasteiger charge is 2.08. The second-order valence-electron chi connectivity index (χ2n) is 4.13. The van der Waals surface area contributed by atoms with Crippen LogP contribution in [-0.4, -0.2) is 25.7 Å². The smallest absolute Gasteiger partial charge is 0.306 e. The number of methoxy groups -OCH3 is 1. The number of benzene rings is 1. The van der Waals surface area contributed by atoms with Crippen LogP contribution in [0.3, 0.4) is 0 Å². The maximum absolute atomic E-state index is 11.5. The van der Waals surface area contributed by atoms with E-state index in [2.05, 4.69) is 0 Å². The van der Waals surface area contributed by atoms with Gasteiger partial charge < -0.3 is 14.2 Å². The SMILES string of the molecule is CCOC(=O)CCCC(=O)OCc1ccccc1OC. The van der Waals surface area contributed by atoms with Gasteiger partial charge >= 0.3 is 11.9 Å². The zero-order valence-corrected chi connectivity index (χ0v) is 11.9. The fraction of sp³-hybridized carbons (Fsp3) is 0.467. The summed E-state index contributed by atoms with van der Waals surface area (Å²) < 4.78 is 15.1. The first-order chi connectivity index (χ1) is 9.67. The third-order valence-electron chi connectivity index (χ3n) is 2.65. The molecule has 1 aromatic rings. The van der Waals surface area contributed by atoms with Gasteiger partial charge in [0.25, 0.3) is 0 Å². The second kappa shape index (κ2) is 8.96. The first-order valence-electron chi connectivity index (χ1n) is 6.60. The van der Waals surface area contributed by atoms with E-state index in [1.54, 1.807) is 14.0 Å². The van der Waals surface area contributed by atoms with Gasteiger partial charge in [-0.25, -0.2) is 0 Å². The lowest BCUT2D eigenvalue weighted by Crippen LogP contribution is -2.08. The van der Waals surface area contributed by atoms with E-state index >= 15 is 0 Å². The minimum atomic E-state index is -0.333. The van der Waals surface area contributed by atoms with E-state index in [4.69, 9.17) is 14.2 Å². The summed E-state index contributed by atoms with van der Waals surface area (Å²) in [6, 6.07) is 7.35. The van der Waals surface area contributed by atoms with Crippen molar-refractivity contribution in [1.82, 2.24) is 0 Å². The summed E-state index contributed by atoms with van der Waals surface area (Å²) in [6.07, 6.45) is 0.870. The zero-order valence-electron chi connectivity index (χ0n) is 11.9. The lowest BCUT2D eigenvalue weighted by molar-refractivity contribution is -0.146. The summed E-state index contributed by atoms with van der Waals surface area (Å²) in [5.41, 5.74) is 0.814. The average Bonchev–Trinajstić information content (AvgIpc) is 2.45. The highest BCUT2D eigenvalue weighted by atomic mass is 16.5. The van der Waals surface area contributed by atoms with Gasteiger partial charge in [-0.1, -0.05) is 18.2 Å². The van der Waals surface area contributed by atoms with Gasteiger partial charge in [0.2, 0.25) is 0 Å². The molecule has 0 aliphatic rings. The van der Waals surface area contributed by atoms with Gasteiger partial charge in [0, 0.05) is 18.4 Å². The summed E-state index contributed by atoms with van der Waals surface area (Å²) in [5.74, 6) is 0.0667. The fourth-order valence-electron chi connectivity index (χ4n) is 1.66. The molecule has 20 heavy (non-hydrogen) atoms. The van der Waals surface area contributed by atoms with Gasteiger partial charge in [-0.15, -0.1) is 0 Å². The summed E-state index contributed by atoms with van der Waals surface area (Å²) in [4.78, 5) is 22.6. The standard InChI is InChI=1S/C15H20O5/c1-3-19-14(16)9-6-10-15(17)20-11-12-7-4-5-8-13(12)18-2/h4-5,7-8H,3,6,9-11H2,1-2H3. The Morgan fingerprint density at radius 1 is 1.05 bits per heavy atom. The predicted octanol–water partition coefficient (Wildman–Crippen LogP) is 2.47. The minimum Gasteiger partial charge on any atom is -0.496 e. The van der Waals surface area contributed by atoms with E-state index in [1.807, 2.05) is 24.3 Å². The largest absolute Gasteiger partial charge is 0.496 e. The Labute approximate surface area is 118 Å². The highest BCUT2D eigenvalue weighted by Crippen LogP contribution is 2.18. The predicted molar refractivity (Wildman–Crippen MR) is 73.3 cm³/mol. The van der Waals surface area contributed by atoms with Crippen molar-refractivity contribution in [2.75, 3.05) is 13.7 Å². The molecule has 110 valence electrons. The van der Waals surface area contributed by atoms with E-state index in [-0.39, 0.29) is 31.4 Å². The molecule has 0 amide bonds. The molecule has 0 saturated heterocycles. The zero-order chi connectivity index (χ0) is 14.8. The molecule has 0 aromatic heterocycles. The van der Waals surface area contributed by atoms with Crippen molar-refractivity contribution in [3.63, 3.8) is 0 Å². The number of para-hydroxylation sites is 1. The number of rotatable bonds is 8. The first-order valence-corrected chi connectivity index (χ1v) is 6.60. The van der Waals surface area contributed by atoms with Crippen molar-refractivity contribution in [3.05, 3.63) is 29.8 Å². The Kier molecular flexibility index (Phi) is 7.17. The Bertz CT molecular complexity index is 442. The van der Waals surface area contributed by atoms with Crippen molar-refractivity contribution in [3.8, 4) is 5.75 Å². The maximum Gasteiger partial charge on any atom is 0.306 e. The molecule has 0 aliphatic heterocycles. The normalized spacial score (nSPS) is 9.90. The van der Waals surface area contributed by atoms with E-state index < -0.39 is 0 Å². The van der Waals surface area contributed by atoms with E-state index in [9.17, 15) is 9.59 Å². The third kappa shape index (κ3) is 5.73. The van der Waals surface area contributed by atoms with Gasteiger partial charge in [-0.3, -0.25) is 9.59 Å². The number of carbonyl (C=O) groups is 2. The quantitative estimate of drug-likeness (QED) is 0.684. The molecule has 0 aliphatic carbocycles. The van der Waals surface area contributed by atoms with Gasteiger partial charge in [-0.2, -0.15) is 0 Å². The number of ether oxygens (including phenoxy) is 3. The summed E-state index contributed by atoms with van der Waals surface area (Å²) >= 11 is 0. The Balaban J connectivity index is 2.28. The molecular weight excluding hydrogens is 260 g/mol. The van der Waals surface area contributed by atoms with Crippen molar-refractivity contribution >= 4 is 11.9 Å². The van der Waals surface area contributed by atoms with E-state index in [0.29, 0.717) is 18.8 Å². The van der Waals surface area contributed by atoms with Crippen LogP contribution in [0, 0.1) is 0 Å². The number of hydrogen-bond donors (Lipinski definition) is 0. The number of carbonyl (C=O) groups excluding carboxylic acids is 2. The van der Waals surface area contributed by atoms with Crippen LogP contribution >= 0.6 is 0 Å². The first kappa shape index (κ1) is 16.0. The lowest BCUT2D eigenvalue weighted by atomic mass is 10.2. The molecule has 0 spiro atoms. The van der Waals surface area contributed by atoms with Gasteiger partial charge in [-0.05, 0) is 19.4 Å². The monoisotopic (exact) mass is 280 g/mol. The maximum atomic E-state index is 11.5. The molecule has 0 unspecified atom stereocenters. The molecule has 0 atom stereocenters.